The van der Waals surface area contributed by atoms with E-state index in [-0.39, 0.29) is 23.7 Å². The molecule has 0 aliphatic carbocycles. The number of halogens is 2. The van der Waals surface area contributed by atoms with Crippen LogP contribution in [0.5, 0.6) is 0 Å². The minimum absolute atomic E-state index is 0.0720. The molecule has 2 aromatic rings. The molecule has 1 saturated heterocycles. The van der Waals surface area contributed by atoms with Crippen molar-refractivity contribution >= 4 is 69.6 Å². The van der Waals surface area contributed by atoms with Crippen LogP contribution in [0.3, 0.4) is 0 Å². The molecular formula is C19H14Cl2N2O5S2. The van der Waals surface area contributed by atoms with Crippen LogP contribution in [0.1, 0.15) is 11.1 Å². The van der Waals surface area contributed by atoms with Gasteiger partial charge in [-0.25, -0.2) is 0 Å². The molecule has 0 atom stereocenters. The third-order valence-electron chi connectivity index (χ3n) is 4.08. The Bertz CT molecular complexity index is 1040. The smallest absolute Gasteiger partial charge is 0.293 e. The van der Waals surface area contributed by atoms with Gasteiger partial charge in [0.2, 0.25) is 0 Å². The molecule has 1 aliphatic heterocycles. The summed E-state index contributed by atoms with van der Waals surface area (Å²) >= 11 is 14.2. The van der Waals surface area contributed by atoms with Crippen LogP contribution >= 0.6 is 46.7 Å². The lowest BCUT2D eigenvalue weighted by molar-refractivity contribution is -0.387. The number of carbonyl (C=O) groups is 2. The van der Waals surface area contributed by atoms with Gasteiger partial charge in [-0.15, -0.1) is 11.8 Å². The molecule has 0 saturated carbocycles. The Balaban J connectivity index is 1.86. The van der Waals surface area contributed by atoms with Crippen LogP contribution in [0.25, 0.3) is 6.08 Å². The van der Waals surface area contributed by atoms with Crippen molar-refractivity contribution in [3.63, 3.8) is 0 Å². The van der Waals surface area contributed by atoms with Crippen molar-refractivity contribution in [2.45, 2.75) is 11.4 Å². The van der Waals surface area contributed by atoms with Gasteiger partial charge in [0, 0.05) is 27.4 Å². The number of carbonyl (C=O) groups excluding carboxylic acids is 2. The number of imide groups is 1. The van der Waals surface area contributed by atoms with Crippen molar-refractivity contribution in [2.24, 2.45) is 0 Å². The number of aliphatic hydroxyl groups excluding tert-OH is 1. The number of amides is 2. The molecule has 1 fully saturated rings. The van der Waals surface area contributed by atoms with E-state index < -0.39 is 16.1 Å². The maximum Gasteiger partial charge on any atom is 0.293 e. The predicted molar refractivity (Wildman–Crippen MR) is 119 cm³/mol. The molecule has 2 aromatic carbocycles. The number of thioether (sulfide) groups is 2. The van der Waals surface area contributed by atoms with E-state index in [2.05, 4.69) is 0 Å². The molecular weight excluding hydrogens is 471 g/mol. The Morgan fingerprint density at radius 2 is 1.90 bits per heavy atom. The highest BCUT2D eigenvalue weighted by Crippen LogP contribution is 2.37. The fraction of sp³-hybridized carbons (Fsp3) is 0.158. The summed E-state index contributed by atoms with van der Waals surface area (Å²) < 4.78 is 0. The van der Waals surface area contributed by atoms with Crippen molar-refractivity contribution in [3.8, 4) is 0 Å². The molecule has 1 N–H and O–H groups in total. The summed E-state index contributed by atoms with van der Waals surface area (Å²) in [6.07, 6.45) is 1.44. The first-order chi connectivity index (χ1) is 14.3. The molecule has 1 aliphatic rings. The number of nitro groups is 1. The zero-order valence-electron chi connectivity index (χ0n) is 15.2. The lowest BCUT2D eigenvalue weighted by Gasteiger charge is -2.14. The highest BCUT2D eigenvalue weighted by Gasteiger charge is 2.35. The molecule has 0 unspecified atom stereocenters. The molecule has 0 aromatic heterocycles. The summed E-state index contributed by atoms with van der Waals surface area (Å²) in [4.78, 5) is 37.5. The second-order valence-electron chi connectivity index (χ2n) is 6.02. The summed E-state index contributed by atoms with van der Waals surface area (Å²) in [6, 6.07) is 9.40. The van der Waals surface area contributed by atoms with Crippen LogP contribution < -0.4 is 0 Å². The van der Waals surface area contributed by atoms with Crippen molar-refractivity contribution in [1.82, 2.24) is 4.90 Å². The first-order valence-corrected chi connectivity index (χ1v) is 11.1. The van der Waals surface area contributed by atoms with Crippen molar-refractivity contribution in [2.75, 3.05) is 12.4 Å². The quantitative estimate of drug-likeness (QED) is 0.248. The molecule has 0 radical (unpaired) electrons. The SMILES string of the molecule is O=C1S/C(=C\c2ccc(SCCO)c([N+](=O)[O-])c2)C(=O)N1Cc1c(Cl)cccc1Cl. The summed E-state index contributed by atoms with van der Waals surface area (Å²) in [5.41, 5.74) is 0.742. The number of aliphatic hydroxyl groups is 1. The molecule has 2 amide bonds. The van der Waals surface area contributed by atoms with E-state index in [4.69, 9.17) is 28.3 Å². The summed E-state index contributed by atoms with van der Waals surface area (Å²) in [5, 5.41) is 20.5. The topological polar surface area (TPSA) is 101 Å². The maximum atomic E-state index is 12.7. The summed E-state index contributed by atoms with van der Waals surface area (Å²) in [5.74, 6) is -0.202. The van der Waals surface area contributed by atoms with Gasteiger partial charge in [0.25, 0.3) is 16.8 Å². The highest BCUT2D eigenvalue weighted by molar-refractivity contribution is 8.18. The van der Waals surface area contributed by atoms with Crippen LogP contribution in [0.4, 0.5) is 10.5 Å². The predicted octanol–water partition coefficient (Wildman–Crippen LogP) is 5.22. The van der Waals surface area contributed by atoms with E-state index in [1.54, 1.807) is 30.3 Å². The minimum Gasteiger partial charge on any atom is -0.396 e. The Hall–Kier alpha value is -2.04. The van der Waals surface area contributed by atoms with Gasteiger partial charge in [-0.2, -0.15) is 0 Å². The molecule has 0 bridgehead atoms. The van der Waals surface area contributed by atoms with Gasteiger partial charge >= 0.3 is 0 Å². The second-order valence-corrected chi connectivity index (χ2v) is 8.97. The van der Waals surface area contributed by atoms with E-state index in [0.29, 0.717) is 31.8 Å². The zero-order valence-corrected chi connectivity index (χ0v) is 18.4. The van der Waals surface area contributed by atoms with E-state index in [1.807, 2.05) is 0 Å². The fourth-order valence-corrected chi connectivity index (χ4v) is 4.79. The highest BCUT2D eigenvalue weighted by atomic mass is 35.5. The molecule has 11 heteroatoms. The van der Waals surface area contributed by atoms with Crippen molar-refractivity contribution < 1.29 is 19.6 Å². The molecule has 3 rings (SSSR count). The minimum atomic E-state index is -0.526. The third-order valence-corrected chi connectivity index (χ3v) is 6.74. The van der Waals surface area contributed by atoms with Crippen LogP contribution in [0.2, 0.25) is 10.0 Å². The van der Waals surface area contributed by atoms with E-state index in [1.165, 1.54) is 12.1 Å². The average molecular weight is 485 g/mol. The number of rotatable bonds is 7. The van der Waals surface area contributed by atoms with E-state index >= 15 is 0 Å². The first-order valence-electron chi connectivity index (χ1n) is 8.52. The average Bonchev–Trinajstić information content (AvgIpc) is 2.96. The maximum absolute atomic E-state index is 12.7. The third kappa shape index (κ3) is 4.98. The van der Waals surface area contributed by atoms with Gasteiger partial charge in [0.15, 0.2) is 0 Å². The lowest BCUT2D eigenvalue weighted by Crippen LogP contribution is -2.27. The number of nitro benzene ring substituents is 1. The summed E-state index contributed by atoms with van der Waals surface area (Å²) in [6.45, 7) is -0.177. The van der Waals surface area contributed by atoms with E-state index in [9.17, 15) is 19.7 Å². The normalized spacial score (nSPS) is 15.3. The van der Waals surface area contributed by atoms with Gasteiger partial charge in [0.1, 0.15) is 0 Å². The van der Waals surface area contributed by atoms with Gasteiger partial charge in [0.05, 0.1) is 27.9 Å². The number of benzene rings is 2. The van der Waals surface area contributed by atoms with Gasteiger partial charge in [-0.05, 0) is 41.6 Å². The van der Waals surface area contributed by atoms with Crippen LogP contribution in [-0.4, -0.2) is 38.4 Å². The van der Waals surface area contributed by atoms with Gasteiger partial charge in [-0.1, -0.05) is 35.3 Å². The van der Waals surface area contributed by atoms with Crippen molar-refractivity contribution in [3.05, 3.63) is 72.6 Å². The first kappa shape index (κ1) is 22.6. The van der Waals surface area contributed by atoms with Gasteiger partial charge < -0.3 is 5.11 Å². The number of hydrogen-bond acceptors (Lipinski definition) is 7. The van der Waals surface area contributed by atoms with Crippen LogP contribution in [-0.2, 0) is 11.3 Å². The standard InChI is InChI=1S/C19H14Cl2N2O5S2/c20-13-2-1-3-14(21)12(13)10-22-18(25)17(30-19(22)26)9-11-4-5-16(29-7-6-24)15(8-11)23(27)28/h1-5,8-9,24H,6-7,10H2/b17-9-. The van der Waals surface area contributed by atoms with Crippen LogP contribution in [0, 0.1) is 10.1 Å². The Kier molecular flexibility index (Phi) is 7.43. The molecule has 156 valence electrons. The largest absolute Gasteiger partial charge is 0.396 e. The Labute approximate surface area is 190 Å². The van der Waals surface area contributed by atoms with Crippen LogP contribution in [0.15, 0.2) is 46.2 Å². The molecule has 1 heterocycles. The number of nitrogens with zero attached hydrogens (tertiary/aromatic N) is 2. The molecule has 7 nitrogen and oxygen atoms in total. The molecule has 0 spiro atoms. The number of hydrogen-bond donors (Lipinski definition) is 1. The lowest BCUT2D eigenvalue weighted by atomic mass is 10.1. The second kappa shape index (κ2) is 9.84. The summed E-state index contributed by atoms with van der Waals surface area (Å²) in [7, 11) is 0. The van der Waals surface area contributed by atoms with Crippen molar-refractivity contribution in [1.29, 1.82) is 0 Å². The molecule has 30 heavy (non-hydrogen) atoms. The van der Waals surface area contributed by atoms with E-state index in [0.717, 1.165) is 28.4 Å². The Morgan fingerprint density at radius 1 is 1.20 bits per heavy atom. The monoisotopic (exact) mass is 484 g/mol. The fourth-order valence-electron chi connectivity index (χ4n) is 2.67. The zero-order chi connectivity index (χ0) is 21.8. The van der Waals surface area contributed by atoms with Gasteiger partial charge in [-0.3, -0.25) is 24.6 Å². The Morgan fingerprint density at radius 3 is 2.53 bits per heavy atom.